The zero-order chi connectivity index (χ0) is 12.4. The number of hydrogen-bond donors (Lipinski definition) is 2. The van der Waals surface area contributed by atoms with Gasteiger partial charge in [-0.2, -0.15) is 0 Å². The second-order valence-electron chi connectivity index (χ2n) is 4.62. The molecule has 0 aliphatic rings. The molecule has 2 aromatic carbocycles. The van der Waals surface area contributed by atoms with Crippen molar-refractivity contribution < 1.29 is 0 Å². The summed E-state index contributed by atoms with van der Waals surface area (Å²) in [6, 6.07) is 12.3. The van der Waals surface area contributed by atoms with Crippen molar-refractivity contribution >= 4 is 11.4 Å². The molecular weight excluding hydrogens is 208 g/mol. The fraction of sp³-hybridized carbons (Fsp3) is 0.200. The number of nitrogens with two attached hydrogens (primary N) is 2. The van der Waals surface area contributed by atoms with E-state index in [4.69, 9.17) is 11.5 Å². The Kier molecular flexibility index (Phi) is 3.05. The topological polar surface area (TPSA) is 52.0 Å². The Hall–Kier alpha value is -1.96. The van der Waals surface area contributed by atoms with Crippen molar-refractivity contribution in [2.24, 2.45) is 0 Å². The lowest BCUT2D eigenvalue weighted by Gasteiger charge is -2.07. The molecule has 0 atom stereocenters. The fourth-order valence-electron chi connectivity index (χ4n) is 2.08. The maximum Gasteiger partial charge on any atom is 0.0343 e. The van der Waals surface area contributed by atoms with Crippen LogP contribution in [0.1, 0.15) is 22.3 Å². The third-order valence-corrected chi connectivity index (χ3v) is 2.90. The Bertz CT molecular complexity index is 524. The summed E-state index contributed by atoms with van der Waals surface area (Å²) in [6.07, 6.45) is 0.896. The number of rotatable bonds is 2. The van der Waals surface area contributed by atoms with Gasteiger partial charge >= 0.3 is 0 Å². The summed E-state index contributed by atoms with van der Waals surface area (Å²) in [7, 11) is 0. The van der Waals surface area contributed by atoms with Crippen LogP contribution in [0.25, 0.3) is 0 Å². The van der Waals surface area contributed by atoms with E-state index in [-0.39, 0.29) is 0 Å². The van der Waals surface area contributed by atoms with Gasteiger partial charge in [-0.05, 0) is 60.7 Å². The molecule has 0 amide bonds. The van der Waals surface area contributed by atoms with Crippen molar-refractivity contribution in [2.75, 3.05) is 11.5 Å². The number of benzene rings is 2. The summed E-state index contributed by atoms with van der Waals surface area (Å²) >= 11 is 0. The Morgan fingerprint density at radius 1 is 0.882 bits per heavy atom. The van der Waals surface area contributed by atoms with Gasteiger partial charge in [-0.15, -0.1) is 0 Å². The first-order valence-electron chi connectivity index (χ1n) is 5.75. The summed E-state index contributed by atoms with van der Waals surface area (Å²) in [4.78, 5) is 0. The Balaban J connectivity index is 2.28. The fourth-order valence-corrected chi connectivity index (χ4v) is 2.08. The molecule has 0 saturated carbocycles. The van der Waals surface area contributed by atoms with Gasteiger partial charge in [-0.1, -0.05) is 18.2 Å². The van der Waals surface area contributed by atoms with Gasteiger partial charge in [0.05, 0.1) is 0 Å². The van der Waals surface area contributed by atoms with Crippen LogP contribution in [-0.2, 0) is 6.42 Å². The van der Waals surface area contributed by atoms with E-state index in [1.54, 1.807) is 0 Å². The van der Waals surface area contributed by atoms with E-state index in [2.05, 4.69) is 25.1 Å². The Labute approximate surface area is 102 Å². The molecule has 2 aromatic rings. The van der Waals surface area contributed by atoms with Crippen molar-refractivity contribution in [3.8, 4) is 0 Å². The summed E-state index contributed by atoms with van der Waals surface area (Å²) in [5.74, 6) is 0. The van der Waals surface area contributed by atoms with Gasteiger partial charge in [0.2, 0.25) is 0 Å². The molecule has 0 radical (unpaired) electrons. The highest BCUT2D eigenvalue weighted by atomic mass is 14.6. The standard InChI is InChI=1S/C15H18N2/c1-10-5-13(9-14(16)6-10)8-12-3-4-15(17)11(2)7-12/h3-7,9H,8,16-17H2,1-2H3. The smallest absolute Gasteiger partial charge is 0.0343 e. The van der Waals surface area contributed by atoms with E-state index in [0.717, 1.165) is 23.4 Å². The van der Waals surface area contributed by atoms with Crippen LogP contribution in [0.15, 0.2) is 36.4 Å². The second-order valence-corrected chi connectivity index (χ2v) is 4.62. The molecule has 0 aliphatic carbocycles. The van der Waals surface area contributed by atoms with Crippen molar-refractivity contribution in [2.45, 2.75) is 20.3 Å². The SMILES string of the molecule is Cc1cc(N)cc(Cc2ccc(N)c(C)c2)c1. The van der Waals surface area contributed by atoms with E-state index in [1.807, 2.05) is 25.1 Å². The lowest BCUT2D eigenvalue weighted by Crippen LogP contribution is -1.95. The summed E-state index contributed by atoms with van der Waals surface area (Å²) in [6.45, 7) is 4.09. The molecule has 0 aliphatic heterocycles. The van der Waals surface area contributed by atoms with E-state index in [0.29, 0.717) is 0 Å². The Morgan fingerprint density at radius 3 is 2.29 bits per heavy atom. The van der Waals surface area contributed by atoms with Crippen LogP contribution in [0.4, 0.5) is 11.4 Å². The lowest BCUT2D eigenvalue weighted by molar-refractivity contribution is 1.17. The third-order valence-electron chi connectivity index (χ3n) is 2.90. The summed E-state index contributed by atoms with van der Waals surface area (Å²) < 4.78 is 0. The average Bonchev–Trinajstić information content (AvgIpc) is 2.22. The van der Waals surface area contributed by atoms with Crippen molar-refractivity contribution in [1.29, 1.82) is 0 Å². The van der Waals surface area contributed by atoms with Gasteiger partial charge in [0, 0.05) is 11.4 Å². The molecule has 0 saturated heterocycles. The third kappa shape index (κ3) is 2.78. The van der Waals surface area contributed by atoms with Gasteiger partial charge in [0.1, 0.15) is 0 Å². The summed E-state index contributed by atoms with van der Waals surface area (Å²) in [5.41, 5.74) is 18.2. The molecule has 4 N–H and O–H groups in total. The number of aryl methyl sites for hydroxylation is 2. The lowest BCUT2D eigenvalue weighted by atomic mass is 10.0. The molecule has 17 heavy (non-hydrogen) atoms. The maximum atomic E-state index is 5.85. The molecule has 2 nitrogen and oxygen atoms in total. The monoisotopic (exact) mass is 226 g/mol. The molecule has 88 valence electrons. The normalized spacial score (nSPS) is 10.5. The molecule has 2 rings (SSSR count). The predicted molar refractivity (Wildman–Crippen MR) is 74.0 cm³/mol. The number of hydrogen-bond acceptors (Lipinski definition) is 2. The highest BCUT2D eigenvalue weighted by Crippen LogP contribution is 2.18. The van der Waals surface area contributed by atoms with Crippen molar-refractivity contribution in [1.82, 2.24) is 0 Å². The zero-order valence-electron chi connectivity index (χ0n) is 10.3. The second kappa shape index (κ2) is 4.50. The molecule has 2 heteroatoms. The first kappa shape index (κ1) is 11.5. The largest absolute Gasteiger partial charge is 0.399 e. The molecule has 0 aromatic heterocycles. The van der Waals surface area contributed by atoms with Gasteiger partial charge in [0.15, 0.2) is 0 Å². The van der Waals surface area contributed by atoms with Crippen molar-refractivity contribution in [3.63, 3.8) is 0 Å². The molecule has 0 spiro atoms. The average molecular weight is 226 g/mol. The van der Waals surface area contributed by atoms with Crippen LogP contribution in [-0.4, -0.2) is 0 Å². The minimum absolute atomic E-state index is 0.826. The van der Waals surface area contributed by atoms with Gasteiger partial charge < -0.3 is 11.5 Å². The van der Waals surface area contributed by atoms with Crippen LogP contribution in [0.5, 0.6) is 0 Å². The summed E-state index contributed by atoms with van der Waals surface area (Å²) in [5, 5.41) is 0. The zero-order valence-corrected chi connectivity index (χ0v) is 10.3. The van der Waals surface area contributed by atoms with E-state index in [1.165, 1.54) is 16.7 Å². The predicted octanol–water partition coefficient (Wildman–Crippen LogP) is 3.06. The van der Waals surface area contributed by atoms with Crippen LogP contribution in [0.2, 0.25) is 0 Å². The maximum absolute atomic E-state index is 5.85. The molecule has 0 fully saturated rings. The Morgan fingerprint density at radius 2 is 1.65 bits per heavy atom. The molecule has 0 bridgehead atoms. The van der Waals surface area contributed by atoms with Gasteiger partial charge in [-0.25, -0.2) is 0 Å². The minimum atomic E-state index is 0.826. The first-order chi connectivity index (χ1) is 8.04. The van der Waals surface area contributed by atoms with Gasteiger partial charge in [0.25, 0.3) is 0 Å². The highest BCUT2D eigenvalue weighted by molar-refractivity contribution is 5.50. The van der Waals surface area contributed by atoms with E-state index < -0.39 is 0 Å². The van der Waals surface area contributed by atoms with Crippen LogP contribution in [0, 0.1) is 13.8 Å². The van der Waals surface area contributed by atoms with Crippen LogP contribution in [0.3, 0.4) is 0 Å². The number of nitrogen functional groups attached to an aromatic ring is 2. The molecular formula is C15H18N2. The van der Waals surface area contributed by atoms with Crippen molar-refractivity contribution in [3.05, 3.63) is 58.7 Å². The van der Waals surface area contributed by atoms with Crippen LogP contribution < -0.4 is 11.5 Å². The minimum Gasteiger partial charge on any atom is -0.399 e. The molecule has 0 heterocycles. The van der Waals surface area contributed by atoms with Crippen LogP contribution >= 0.6 is 0 Å². The van der Waals surface area contributed by atoms with Gasteiger partial charge in [-0.3, -0.25) is 0 Å². The van der Waals surface area contributed by atoms with E-state index >= 15 is 0 Å². The molecule has 0 unspecified atom stereocenters. The highest BCUT2D eigenvalue weighted by Gasteiger charge is 2.01. The first-order valence-corrected chi connectivity index (χ1v) is 5.75. The van der Waals surface area contributed by atoms with E-state index in [9.17, 15) is 0 Å². The quantitative estimate of drug-likeness (QED) is 0.773. The number of anilines is 2.